The Labute approximate surface area is 144 Å². The third-order valence-corrected chi connectivity index (χ3v) is 4.49. The molecule has 2 amide bonds. The minimum atomic E-state index is -0.115. The van der Waals surface area contributed by atoms with Gasteiger partial charge in [0.15, 0.2) is 0 Å². The van der Waals surface area contributed by atoms with Gasteiger partial charge in [-0.25, -0.2) is 0 Å². The van der Waals surface area contributed by atoms with Crippen molar-refractivity contribution in [2.45, 2.75) is 33.1 Å². The number of rotatable bonds is 7. The summed E-state index contributed by atoms with van der Waals surface area (Å²) < 4.78 is 0. The molecule has 1 heterocycles. The highest BCUT2D eigenvalue weighted by Gasteiger charge is 2.23. The van der Waals surface area contributed by atoms with Crippen molar-refractivity contribution in [3.63, 3.8) is 0 Å². The van der Waals surface area contributed by atoms with Crippen LogP contribution in [0.15, 0.2) is 24.3 Å². The van der Waals surface area contributed by atoms with Crippen LogP contribution in [0.5, 0.6) is 0 Å². The van der Waals surface area contributed by atoms with Crippen LogP contribution in [0.2, 0.25) is 0 Å². The number of carbonyl (C=O) groups is 2. The van der Waals surface area contributed by atoms with E-state index >= 15 is 0 Å². The second kappa shape index (κ2) is 9.42. The average molecular weight is 331 g/mol. The van der Waals surface area contributed by atoms with Crippen molar-refractivity contribution in [3.8, 4) is 0 Å². The van der Waals surface area contributed by atoms with Crippen LogP contribution in [0, 0.1) is 5.92 Å². The van der Waals surface area contributed by atoms with Crippen molar-refractivity contribution in [3.05, 3.63) is 35.4 Å². The maximum atomic E-state index is 12.7. The molecular weight excluding hydrogens is 302 g/mol. The van der Waals surface area contributed by atoms with E-state index in [1.165, 1.54) is 0 Å². The first-order valence-corrected chi connectivity index (χ1v) is 9.04. The van der Waals surface area contributed by atoms with Gasteiger partial charge in [0.25, 0.3) is 11.8 Å². The zero-order chi connectivity index (χ0) is 17.4. The monoisotopic (exact) mass is 331 g/mol. The van der Waals surface area contributed by atoms with Gasteiger partial charge in [0.1, 0.15) is 0 Å². The lowest BCUT2D eigenvalue weighted by atomic mass is 9.96. The molecule has 24 heavy (non-hydrogen) atoms. The summed E-state index contributed by atoms with van der Waals surface area (Å²) in [5.74, 6) is 0.568. The normalized spacial score (nSPS) is 15.3. The van der Waals surface area contributed by atoms with Crippen LogP contribution in [0.1, 0.15) is 53.8 Å². The zero-order valence-electron chi connectivity index (χ0n) is 14.8. The smallest absolute Gasteiger partial charge is 0.253 e. The van der Waals surface area contributed by atoms with Crippen molar-refractivity contribution in [1.82, 2.24) is 15.5 Å². The lowest BCUT2D eigenvalue weighted by Gasteiger charge is -2.32. The first-order valence-electron chi connectivity index (χ1n) is 9.04. The summed E-state index contributed by atoms with van der Waals surface area (Å²) in [5.41, 5.74) is 1.15. The van der Waals surface area contributed by atoms with Gasteiger partial charge in [-0.05, 0) is 56.5 Å². The lowest BCUT2D eigenvalue weighted by molar-refractivity contribution is 0.0690. The fourth-order valence-corrected chi connectivity index (χ4v) is 3.01. The SMILES string of the molecule is CCCNC(=O)c1cccc(C(=O)N2CCC(CNCC)CC2)c1. The van der Waals surface area contributed by atoms with Crippen LogP contribution in [0.25, 0.3) is 0 Å². The van der Waals surface area contributed by atoms with Crippen LogP contribution >= 0.6 is 0 Å². The molecule has 2 N–H and O–H groups in total. The van der Waals surface area contributed by atoms with E-state index < -0.39 is 0 Å². The summed E-state index contributed by atoms with van der Waals surface area (Å²) in [6.07, 6.45) is 2.97. The maximum Gasteiger partial charge on any atom is 0.253 e. The third-order valence-electron chi connectivity index (χ3n) is 4.49. The number of benzene rings is 1. The molecule has 0 bridgehead atoms. The Morgan fingerprint density at radius 3 is 2.54 bits per heavy atom. The van der Waals surface area contributed by atoms with Gasteiger partial charge in [-0.1, -0.05) is 19.9 Å². The van der Waals surface area contributed by atoms with E-state index in [0.717, 1.165) is 45.4 Å². The fourth-order valence-electron chi connectivity index (χ4n) is 3.01. The molecule has 132 valence electrons. The Hall–Kier alpha value is -1.88. The van der Waals surface area contributed by atoms with E-state index in [2.05, 4.69) is 17.6 Å². The number of hydrogen-bond acceptors (Lipinski definition) is 3. The number of piperidine rings is 1. The van der Waals surface area contributed by atoms with E-state index in [1.54, 1.807) is 24.3 Å². The second-order valence-electron chi connectivity index (χ2n) is 6.38. The van der Waals surface area contributed by atoms with Gasteiger partial charge in [-0.3, -0.25) is 9.59 Å². The molecule has 1 aromatic carbocycles. The maximum absolute atomic E-state index is 12.7. The average Bonchev–Trinajstić information content (AvgIpc) is 2.64. The molecule has 0 atom stereocenters. The number of amides is 2. The summed E-state index contributed by atoms with van der Waals surface area (Å²) in [5, 5.41) is 6.23. The minimum Gasteiger partial charge on any atom is -0.352 e. The molecule has 0 aliphatic carbocycles. The predicted molar refractivity (Wildman–Crippen MR) is 96.2 cm³/mol. The standard InChI is InChI=1S/C19H29N3O2/c1-3-10-21-18(23)16-6-5-7-17(13-16)19(24)22-11-8-15(9-12-22)14-20-4-2/h5-7,13,15,20H,3-4,8-12,14H2,1-2H3,(H,21,23). The number of hydrogen-bond donors (Lipinski definition) is 2. The summed E-state index contributed by atoms with van der Waals surface area (Å²) in [6, 6.07) is 7.04. The van der Waals surface area contributed by atoms with Crippen LogP contribution in [0.4, 0.5) is 0 Å². The van der Waals surface area contributed by atoms with Crippen LogP contribution in [0.3, 0.4) is 0 Å². The van der Waals surface area contributed by atoms with Gasteiger partial charge in [-0.15, -0.1) is 0 Å². The van der Waals surface area contributed by atoms with E-state index in [0.29, 0.717) is 23.6 Å². The number of nitrogens with one attached hydrogen (secondary N) is 2. The van der Waals surface area contributed by atoms with Gasteiger partial charge in [0.2, 0.25) is 0 Å². The molecule has 1 fully saturated rings. The highest BCUT2D eigenvalue weighted by Crippen LogP contribution is 2.19. The Morgan fingerprint density at radius 2 is 1.88 bits per heavy atom. The Bertz CT molecular complexity index is 551. The van der Waals surface area contributed by atoms with Gasteiger partial charge in [0.05, 0.1) is 0 Å². The Balaban J connectivity index is 1.94. The molecule has 1 aliphatic heterocycles. The van der Waals surface area contributed by atoms with E-state index in [9.17, 15) is 9.59 Å². The molecule has 0 saturated carbocycles. The Kier molecular flexibility index (Phi) is 7.25. The first kappa shape index (κ1) is 18.5. The molecule has 5 heteroatoms. The van der Waals surface area contributed by atoms with Crippen molar-refractivity contribution >= 4 is 11.8 Å². The van der Waals surface area contributed by atoms with Crippen molar-refractivity contribution in [2.75, 3.05) is 32.7 Å². The summed E-state index contributed by atoms with van der Waals surface area (Å²) >= 11 is 0. The number of nitrogens with zero attached hydrogens (tertiary/aromatic N) is 1. The Morgan fingerprint density at radius 1 is 1.17 bits per heavy atom. The largest absolute Gasteiger partial charge is 0.352 e. The fraction of sp³-hybridized carbons (Fsp3) is 0.579. The van der Waals surface area contributed by atoms with Crippen molar-refractivity contribution in [2.24, 2.45) is 5.92 Å². The van der Waals surface area contributed by atoms with Gasteiger partial charge in [-0.2, -0.15) is 0 Å². The highest BCUT2D eigenvalue weighted by atomic mass is 16.2. The summed E-state index contributed by atoms with van der Waals surface area (Å²) in [7, 11) is 0. The molecular formula is C19H29N3O2. The van der Waals surface area contributed by atoms with Crippen LogP contribution in [-0.2, 0) is 0 Å². The highest BCUT2D eigenvalue weighted by molar-refractivity contribution is 5.99. The topological polar surface area (TPSA) is 61.4 Å². The number of likely N-dealkylation sites (tertiary alicyclic amines) is 1. The third kappa shape index (κ3) is 5.06. The van der Waals surface area contributed by atoms with Crippen molar-refractivity contribution in [1.29, 1.82) is 0 Å². The zero-order valence-corrected chi connectivity index (χ0v) is 14.8. The predicted octanol–water partition coefficient (Wildman–Crippen LogP) is 2.29. The van der Waals surface area contributed by atoms with Gasteiger partial charge in [0, 0.05) is 30.8 Å². The minimum absolute atomic E-state index is 0.0297. The van der Waals surface area contributed by atoms with Crippen molar-refractivity contribution < 1.29 is 9.59 Å². The molecule has 1 aliphatic rings. The second-order valence-corrected chi connectivity index (χ2v) is 6.38. The molecule has 1 aromatic rings. The lowest BCUT2D eigenvalue weighted by Crippen LogP contribution is -2.40. The molecule has 2 rings (SSSR count). The molecule has 0 spiro atoms. The van der Waals surface area contributed by atoms with Gasteiger partial charge >= 0.3 is 0 Å². The van der Waals surface area contributed by atoms with Crippen LogP contribution < -0.4 is 10.6 Å². The summed E-state index contributed by atoms with van der Waals surface area (Å²) in [4.78, 5) is 26.7. The molecule has 0 radical (unpaired) electrons. The van der Waals surface area contributed by atoms with E-state index in [4.69, 9.17) is 0 Å². The summed E-state index contributed by atoms with van der Waals surface area (Å²) in [6.45, 7) is 8.39. The van der Waals surface area contributed by atoms with E-state index in [1.807, 2.05) is 11.8 Å². The first-order chi connectivity index (χ1) is 11.7. The molecule has 5 nitrogen and oxygen atoms in total. The van der Waals surface area contributed by atoms with E-state index in [-0.39, 0.29) is 11.8 Å². The quantitative estimate of drug-likeness (QED) is 0.806. The van der Waals surface area contributed by atoms with Crippen LogP contribution in [-0.4, -0.2) is 49.4 Å². The number of carbonyl (C=O) groups excluding carboxylic acids is 2. The molecule has 0 unspecified atom stereocenters. The molecule has 0 aromatic heterocycles. The van der Waals surface area contributed by atoms with Gasteiger partial charge < -0.3 is 15.5 Å². The molecule has 1 saturated heterocycles.